The number of amides is 1. The SMILES string of the molecule is O=Cc1ccc(NC[C@H]2CCCN2C(=O)O)c([N+](=O)[O-])c1. The fraction of sp³-hybridized carbons (Fsp3) is 0.385. The molecule has 8 nitrogen and oxygen atoms in total. The third kappa shape index (κ3) is 3.28. The second kappa shape index (κ2) is 6.21. The highest BCUT2D eigenvalue weighted by atomic mass is 16.6. The molecule has 0 bridgehead atoms. The summed E-state index contributed by atoms with van der Waals surface area (Å²) in [5.74, 6) is 0. The molecule has 0 aromatic heterocycles. The second-order valence-electron chi connectivity index (χ2n) is 4.80. The van der Waals surface area contributed by atoms with E-state index in [2.05, 4.69) is 5.32 Å². The number of hydrogen-bond acceptors (Lipinski definition) is 5. The van der Waals surface area contributed by atoms with Crippen molar-refractivity contribution in [2.24, 2.45) is 0 Å². The number of aldehydes is 1. The molecule has 0 saturated carbocycles. The van der Waals surface area contributed by atoms with Crippen LogP contribution in [0.3, 0.4) is 0 Å². The standard InChI is InChI=1S/C13H15N3O5/c17-8-9-3-4-11(12(6-9)16(20)21)14-7-10-2-1-5-15(10)13(18)19/h3-4,6,8,10,14H,1-2,5,7H2,(H,18,19)/t10-/m1/s1. The average molecular weight is 293 g/mol. The molecule has 0 unspecified atom stereocenters. The first-order chi connectivity index (χ1) is 10.0. The first kappa shape index (κ1) is 14.8. The van der Waals surface area contributed by atoms with Crippen molar-refractivity contribution >= 4 is 23.8 Å². The van der Waals surface area contributed by atoms with Gasteiger partial charge in [-0.25, -0.2) is 4.79 Å². The molecule has 2 N–H and O–H groups in total. The van der Waals surface area contributed by atoms with Crippen LogP contribution in [0.15, 0.2) is 18.2 Å². The van der Waals surface area contributed by atoms with E-state index in [4.69, 9.17) is 5.11 Å². The first-order valence-electron chi connectivity index (χ1n) is 6.50. The summed E-state index contributed by atoms with van der Waals surface area (Å²) in [5.41, 5.74) is 0.308. The highest BCUT2D eigenvalue weighted by Gasteiger charge is 2.28. The minimum absolute atomic E-state index is 0.195. The lowest BCUT2D eigenvalue weighted by molar-refractivity contribution is -0.384. The number of anilines is 1. The molecule has 2 rings (SSSR count). The van der Waals surface area contributed by atoms with Gasteiger partial charge in [-0.05, 0) is 25.0 Å². The Hall–Kier alpha value is -2.64. The van der Waals surface area contributed by atoms with Crippen LogP contribution in [0, 0.1) is 10.1 Å². The van der Waals surface area contributed by atoms with Gasteiger partial charge in [-0.1, -0.05) is 0 Å². The van der Waals surface area contributed by atoms with Gasteiger partial charge in [0.1, 0.15) is 12.0 Å². The molecule has 8 heteroatoms. The molecular formula is C13H15N3O5. The molecule has 21 heavy (non-hydrogen) atoms. The number of benzene rings is 1. The monoisotopic (exact) mass is 293 g/mol. The summed E-state index contributed by atoms with van der Waals surface area (Å²) in [5, 5.41) is 23.0. The smallest absolute Gasteiger partial charge is 0.407 e. The van der Waals surface area contributed by atoms with Gasteiger partial charge in [0.15, 0.2) is 0 Å². The van der Waals surface area contributed by atoms with Crippen LogP contribution in [0.5, 0.6) is 0 Å². The van der Waals surface area contributed by atoms with Crippen LogP contribution in [-0.2, 0) is 0 Å². The van der Waals surface area contributed by atoms with Crippen molar-refractivity contribution in [3.8, 4) is 0 Å². The highest BCUT2D eigenvalue weighted by Crippen LogP contribution is 2.26. The summed E-state index contributed by atoms with van der Waals surface area (Å²) in [6.45, 7) is 0.779. The summed E-state index contributed by atoms with van der Waals surface area (Å²) in [7, 11) is 0. The molecule has 1 heterocycles. The van der Waals surface area contributed by atoms with Crippen LogP contribution in [0.2, 0.25) is 0 Å². The molecule has 0 radical (unpaired) electrons. The number of carbonyl (C=O) groups excluding carboxylic acids is 1. The largest absolute Gasteiger partial charge is 0.465 e. The van der Waals surface area contributed by atoms with Crippen LogP contribution >= 0.6 is 0 Å². The first-order valence-corrected chi connectivity index (χ1v) is 6.50. The van der Waals surface area contributed by atoms with E-state index in [9.17, 15) is 19.7 Å². The Kier molecular flexibility index (Phi) is 4.36. The van der Waals surface area contributed by atoms with E-state index in [1.54, 1.807) is 0 Å². The zero-order chi connectivity index (χ0) is 15.4. The molecule has 112 valence electrons. The van der Waals surface area contributed by atoms with E-state index < -0.39 is 11.0 Å². The molecule has 1 aromatic carbocycles. The third-order valence-electron chi connectivity index (χ3n) is 3.51. The number of nitro benzene ring substituents is 1. The predicted octanol–water partition coefficient (Wildman–Crippen LogP) is 1.96. The molecule has 0 spiro atoms. The van der Waals surface area contributed by atoms with E-state index in [1.165, 1.54) is 23.1 Å². The number of hydrogen-bond donors (Lipinski definition) is 2. The van der Waals surface area contributed by atoms with Crippen molar-refractivity contribution in [3.05, 3.63) is 33.9 Å². The van der Waals surface area contributed by atoms with Crippen molar-refractivity contribution in [1.29, 1.82) is 0 Å². The van der Waals surface area contributed by atoms with Gasteiger partial charge in [-0.2, -0.15) is 0 Å². The quantitative estimate of drug-likeness (QED) is 0.487. The zero-order valence-corrected chi connectivity index (χ0v) is 11.2. The van der Waals surface area contributed by atoms with Crippen LogP contribution in [-0.4, -0.2) is 46.4 Å². The number of carboxylic acid groups (broad SMARTS) is 1. The lowest BCUT2D eigenvalue weighted by Gasteiger charge is -2.22. The summed E-state index contributed by atoms with van der Waals surface area (Å²) in [4.78, 5) is 33.5. The van der Waals surface area contributed by atoms with Crippen molar-refractivity contribution in [3.63, 3.8) is 0 Å². The Morgan fingerprint density at radius 1 is 1.57 bits per heavy atom. The fourth-order valence-corrected chi connectivity index (χ4v) is 2.45. The topological polar surface area (TPSA) is 113 Å². The molecule has 0 aliphatic carbocycles. The van der Waals surface area contributed by atoms with Crippen LogP contribution in [0.4, 0.5) is 16.2 Å². The van der Waals surface area contributed by atoms with Gasteiger partial charge >= 0.3 is 6.09 Å². The number of nitrogens with one attached hydrogen (secondary N) is 1. The van der Waals surface area contributed by atoms with Gasteiger partial charge in [0.05, 0.1) is 11.0 Å². The lowest BCUT2D eigenvalue weighted by Crippen LogP contribution is -2.38. The number of rotatable bonds is 5. The number of nitro groups is 1. The maximum absolute atomic E-state index is 11.0. The van der Waals surface area contributed by atoms with Crippen molar-refractivity contribution in [2.45, 2.75) is 18.9 Å². The summed E-state index contributed by atoms with van der Waals surface area (Å²) < 4.78 is 0. The molecule has 1 amide bonds. The minimum atomic E-state index is -0.981. The minimum Gasteiger partial charge on any atom is -0.465 e. The molecular weight excluding hydrogens is 278 g/mol. The van der Waals surface area contributed by atoms with E-state index in [-0.39, 0.29) is 23.0 Å². The molecule has 1 atom stereocenters. The molecule has 1 aromatic rings. The van der Waals surface area contributed by atoms with Crippen LogP contribution < -0.4 is 5.32 Å². The van der Waals surface area contributed by atoms with E-state index in [1.807, 2.05) is 0 Å². The summed E-state index contributed by atoms with van der Waals surface area (Å²) in [6.07, 6.45) is 1.06. The Morgan fingerprint density at radius 2 is 2.33 bits per heavy atom. The average Bonchev–Trinajstić information content (AvgIpc) is 2.93. The van der Waals surface area contributed by atoms with Gasteiger partial charge in [0, 0.05) is 24.7 Å². The van der Waals surface area contributed by atoms with Gasteiger partial charge in [0.25, 0.3) is 5.69 Å². The highest BCUT2D eigenvalue weighted by molar-refractivity contribution is 5.79. The summed E-state index contributed by atoms with van der Waals surface area (Å²) in [6, 6.07) is 3.93. The maximum Gasteiger partial charge on any atom is 0.407 e. The number of nitrogens with zero attached hydrogens (tertiary/aromatic N) is 2. The van der Waals surface area contributed by atoms with Crippen LogP contribution in [0.25, 0.3) is 0 Å². The zero-order valence-electron chi connectivity index (χ0n) is 11.2. The van der Waals surface area contributed by atoms with E-state index >= 15 is 0 Å². The third-order valence-corrected chi connectivity index (χ3v) is 3.51. The van der Waals surface area contributed by atoms with E-state index in [0.717, 1.165) is 12.8 Å². The number of likely N-dealkylation sites (tertiary alicyclic amines) is 1. The van der Waals surface area contributed by atoms with Gasteiger partial charge in [-0.3, -0.25) is 14.9 Å². The summed E-state index contributed by atoms with van der Waals surface area (Å²) >= 11 is 0. The Labute approximate surface area is 120 Å². The maximum atomic E-state index is 11.0. The van der Waals surface area contributed by atoms with Crippen molar-refractivity contribution in [2.75, 3.05) is 18.4 Å². The van der Waals surface area contributed by atoms with Gasteiger partial charge < -0.3 is 15.3 Å². The molecule has 1 aliphatic heterocycles. The number of carbonyl (C=O) groups is 2. The van der Waals surface area contributed by atoms with Gasteiger partial charge in [-0.15, -0.1) is 0 Å². The lowest BCUT2D eigenvalue weighted by atomic mass is 10.1. The van der Waals surface area contributed by atoms with Crippen molar-refractivity contribution in [1.82, 2.24) is 4.90 Å². The van der Waals surface area contributed by atoms with Crippen molar-refractivity contribution < 1.29 is 19.6 Å². The Morgan fingerprint density at radius 3 is 2.95 bits per heavy atom. The fourth-order valence-electron chi connectivity index (χ4n) is 2.45. The van der Waals surface area contributed by atoms with E-state index in [0.29, 0.717) is 19.4 Å². The molecule has 1 aliphatic rings. The normalized spacial score (nSPS) is 17.5. The molecule has 1 saturated heterocycles. The Bertz CT molecular complexity index is 575. The molecule has 1 fully saturated rings. The van der Waals surface area contributed by atoms with Crippen LogP contribution in [0.1, 0.15) is 23.2 Å². The predicted molar refractivity (Wildman–Crippen MR) is 74.7 cm³/mol. The van der Waals surface area contributed by atoms with Gasteiger partial charge in [0.2, 0.25) is 0 Å². The second-order valence-corrected chi connectivity index (χ2v) is 4.80. The Balaban J connectivity index is 2.11.